The number of aryl methyl sites for hydroxylation is 1. The van der Waals surface area contributed by atoms with E-state index in [9.17, 15) is 9.59 Å². The highest BCUT2D eigenvalue weighted by molar-refractivity contribution is 7.99. The molecular weight excluding hydrogens is 364 g/mol. The molecule has 1 saturated heterocycles. The van der Waals surface area contributed by atoms with Gasteiger partial charge in [-0.1, -0.05) is 29.8 Å². The fourth-order valence-corrected chi connectivity index (χ4v) is 3.88. The van der Waals surface area contributed by atoms with Gasteiger partial charge in [-0.05, 0) is 36.8 Å². The van der Waals surface area contributed by atoms with E-state index in [2.05, 4.69) is 10.3 Å². The number of amides is 1. The van der Waals surface area contributed by atoms with Crippen LogP contribution in [-0.2, 0) is 9.53 Å². The highest BCUT2D eigenvalue weighted by Gasteiger charge is 2.27. The Morgan fingerprint density at radius 2 is 2.04 bits per heavy atom. The number of esters is 1. The van der Waals surface area contributed by atoms with Crippen LogP contribution in [0.4, 0.5) is 0 Å². The molecule has 1 aliphatic rings. The fraction of sp³-hybridized carbons (Fsp3) is 0.350. The van der Waals surface area contributed by atoms with E-state index in [0.717, 1.165) is 23.5 Å². The van der Waals surface area contributed by atoms with Crippen molar-refractivity contribution in [1.29, 1.82) is 0 Å². The number of carbonyl (C=O) groups excluding carboxylic acids is 2. The van der Waals surface area contributed by atoms with Gasteiger partial charge < -0.3 is 14.8 Å². The lowest BCUT2D eigenvalue weighted by Crippen LogP contribution is -2.35. The van der Waals surface area contributed by atoms with Crippen molar-refractivity contribution in [3.05, 3.63) is 59.3 Å². The molecule has 2 unspecified atom stereocenters. The number of thioether (sulfide) groups is 1. The van der Waals surface area contributed by atoms with Gasteiger partial charge in [0.05, 0.1) is 7.11 Å². The van der Waals surface area contributed by atoms with E-state index >= 15 is 0 Å². The molecule has 0 radical (unpaired) electrons. The summed E-state index contributed by atoms with van der Waals surface area (Å²) in [5, 5.41) is 2.75. The molecule has 7 heteroatoms. The van der Waals surface area contributed by atoms with Crippen LogP contribution in [0.2, 0.25) is 0 Å². The van der Waals surface area contributed by atoms with Gasteiger partial charge >= 0.3 is 5.97 Å². The Balaban J connectivity index is 1.81. The van der Waals surface area contributed by atoms with Crippen LogP contribution < -0.4 is 10.1 Å². The standard InChI is InChI=1S/C20H22N2O4S/c1-13-5-7-14(8-6-13)17(20(24)25-2)22-18(23)16-4-3-10-21-19(16)26-15-9-11-27-12-15/h3-8,10,15,17H,9,11-12H2,1-2H3,(H,22,23). The number of methoxy groups -OCH3 is 1. The Morgan fingerprint density at radius 3 is 2.70 bits per heavy atom. The zero-order valence-electron chi connectivity index (χ0n) is 15.3. The van der Waals surface area contributed by atoms with Gasteiger partial charge in [0.15, 0.2) is 6.04 Å². The Kier molecular flexibility index (Phi) is 6.34. The summed E-state index contributed by atoms with van der Waals surface area (Å²) in [6.45, 7) is 1.95. The third-order valence-corrected chi connectivity index (χ3v) is 5.44. The van der Waals surface area contributed by atoms with Crippen molar-refractivity contribution >= 4 is 23.6 Å². The van der Waals surface area contributed by atoms with Gasteiger partial charge in [-0.25, -0.2) is 9.78 Å². The topological polar surface area (TPSA) is 77.5 Å². The Bertz CT molecular complexity index is 804. The van der Waals surface area contributed by atoms with Crippen molar-refractivity contribution in [3.8, 4) is 5.88 Å². The van der Waals surface area contributed by atoms with Crippen LogP contribution in [0, 0.1) is 6.92 Å². The predicted octanol–water partition coefficient (Wildman–Crippen LogP) is 2.92. The van der Waals surface area contributed by atoms with Crippen LogP contribution >= 0.6 is 11.8 Å². The van der Waals surface area contributed by atoms with Crippen molar-refractivity contribution < 1.29 is 19.1 Å². The van der Waals surface area contributed by atoms with Crippen molar-refractivity contribution in [2.45, 2.75) is 25.5 Å². The summed E-state index contributed by atoms with van der Waals surface area (Å²) < 4.78 is 10.8. The molecule has 27 heavy (non-hydrogen) atoms. The van der Waals surface area contributed by atoms with Gasteiger partial charge in [-0.3, -0.25) is 4.79 Å². The first-order valence-electron chi connectivity index (χ1n) is 8.73. The number of pyridine rings is 1. The number of rotatable bonds is 6. The Morgan fingerprint density at radius 1 is 1.26 bits per heavy atom. The van der Waals surface area contributed by atoms with E-state index < -0.39 is 17.9 Å². The average Bonchev–Trinajstić information content (AvgIpc) is 3.19. The average molecular weight is 386 g/mol. The smallest absolute Gasteiger partial charge is 0.333 e. The second kappa shape index (κ2) is 8.90. The Labute approximate surface area is 162 Å². The molecular formula is C20H22N2O4S. The van der Waals surface area contributed by atoms with Crippen LogP contribution in [0.25, 0.3) is 0 Å². The molecule has 1 amide bonds. The van der Waals surface area contributed by atoms with E-state index in [4.69, 9.17) is 9.47 Å². The highest BCUT2D eigenvalue weighted by Crippen LogP contribution is 2.25. The number of hydrogen-bond donors (Lipinski definition) is 1. The molecule has 1 N–H and O–H groups in total. The van der Waals surface area contributed by atoms with E-state index in [1.165, 1.54) is 7.11 Å². The maximum absolute atomic E-state index is 12.9. The molecule has 6 nitrogen and oxygen atoms in total. The van der Waals surface area contributed by atoms with Crippen molar-refractivity contribution in [2.24, 2.45) is 0 Å². The van der Waals surface area contributed by atoms with Crippen molar-refractivity contribution in [3.63, 3.8) is 0 Å². The number of benzene rings is 1. The molecule has 3 rings (SSSR count). The fourth-order valence-electron chi connectivity index (χ4n) is 2.79. The monoisotopic (exact) mass is 386 g/mol. The lowest BCUT2D eigenvalue weighted by atomic mass is 10.0. The molecule has 0 bridgehead atoms. The van der Waals surface area contributed by atoms with Crippen LogP contribution in [-0.4, -0.2) is 41.6 Å². The second-order valence-electron chi connectivity index (χ2n) is 6.30. The first-order valence-corrected chi connectivity index (χ1v) is 9.88. The van der Waals surface area contributed by atoms with Gasteiger partial charge in [0, 0.05) is 11.9 Å². The first-order chi connectivity index (χ1) is 13.1. The molecule has 0 spiro atoms. The molecule has 1 aromatic heterocycles. The largest absolute Gasteiger partial charge is 0.473 e. The normalized spacial score (nSPS) is 17.2. The SMILES string of the molecule is COC(=O)C(NC(=O)c1cccnc1OC1CCSC1)c1ccc(C)cc1. The number of hydrogen-bond acceptors (Lipinski definition) is 6. The lowest BCUT2D eigenvalue weighted by Gasteiger charge is -2.19. The zero-order valence-corrected chi connectivity index (χ0v) is 16.1. The minimum Gasteiger partial charge on any atom is -0.473 e. The molecule has 1 aromatic carbocycles. The quantitative estimate of drug-likeness (QED) is 0.769. The number of nitrogens with zero attached hydrogens (tertiary/aromatic N) is 1. The maximum atomic E-state index is 12.9. The minimum absolute atomic E-state index is 0.0463. The molecule has 0 aliphatic carbocycles. The highest BCUT2D eigenvalue weighted by atomic mass is 32.2. The van der Waals surface area contributed by atoms with E-state index in [1.54, 1.807) is 30.5 Å². The molecule has 2 aromatic rings. The van der Waals surface area contributed by atoms with Gasteiger partial charge in [-0.15, -0.1) is 0 Å². The summed E-state index contributed by atoms with van der Waals surface area (Å²) in [7, 11) is 1.30. The third kappa shape index (κ3) is 4.80. The van der Waals surface area contributed by atoms with Gasteiger partial charge in [0.1, 0.15) is 11.7 Å². The number of aromatic nitrogens is 1. The third-order valence-electron chi connectivity index (χ3n) is 4.30. The zero-order chi connectivity index (χ0) is 19.2. The number of nitrogens with one attached hydrogen (secondary N) is 1. The summed E-state index contributed by atoms with van der Waals surface area (Å²) in [6, 6.07) is 9.77. The van der Waals surface area contributed by atoms with Crippen molar-refractivity contribution in [2.75, 3.05) is 18.6 Å². The lowest BCUT2D eigenvalue weighted by molar-refractivity contribution is -0.143. The van der Waals surface area contributed by atoms with Crippen LogP contribution in [0.3, 0.4) is 0 Å². The molecule has 142 valence electrons. The van der Waals surface area contributed by atoms with Crippen LogP contribution in [0.15, 0.2) is 42.6 Å². The molecule has 2 heterocycles. The molecule has 0 saturated carbocycles. The summed E-state index contributed by atoms with van der Waals surface area (Å²) in [5.41, 5.74) is 2.01. The maximum Gasteiger partial charge on any atom is 0.333 e. The van der Waals surface area contributed by atoms with Gasteiger partial charge in [0.2, 0.25) is 5.88 Å². The number of ether oxygens (including phenoxy) is 2. The van der Waals surface area contributed by atoms with E-state index in [0.29, 0.717) is 11.1 Å². The van der Waals surface area contributed by atoms with Crippen LogP contribution in [0.5, 0.6) is 5.88 Å². The number of carbonyl (C=O) groups is 2. The first kappa shape index (κ1) is 19.2. The van der Waals surface area contributed by atoms with Crippen LogP contribution in [0.1, 0.15) is 33.9 Å². The summed E-state index contributed by atoms with van der Waals surface area (Å²) >= 11 is 1.82. The minimum atomic E-state index is -0.904. The van der Waals surface area contributed by atoms with Gasteiger partial charge in [-0.2, -0.15) is 11.8 Å². The second-order valence-corrected chi connectivity index (χ2v) is 7.45. The Hall–Kier alpha value is -2.54. The van der Waals surface area contributed by atoms with E-state index in [-0.39, 0.29) is 12.0 Å². The van der Waals surface area contributed by atoms with Crippen molar-refractivity contribution in [1.82, 2.24) is 10.3 Å². The summed E-state index contributed by atoms with van der Waals surface area (Å²) in [5.74, 6) is 1.24. The summed E-state index contributed by atoms with van der Waals surface area (Å²) in [6.07, 6.45) is 2.56. The predicted molar refractivity (Wildman–Crippen MR) is 104 cm³/mol. The molecule has 2 atom stereocenters. The summed E-state index contributed by atoms with van der Waals surface area (Å²) in [4.78, 5) is 29.3. The molecule has 1 aliphatic heterocycles. The van der Waals surface area contributed by atoms with E-state index in [1.807, 2.05) is 30.8 Å². The molecule has 1 fully saturated rings. The van der Waals surface area contributed by atoms with Gasteiger partial charge in [0.25, 0.3) is 5.91 Å².